The number of hydrogen-bond donors (Lipinski definition) is 2. The van der Waals surface area contributed by atoms with Gasteiger partial charge in [0.1, 0.15) is 15.7 Å². The number of sulfone groups is 1. The summed E-state index contributed by atoms with van der Waals surface area (Å²) in [6, 6.07) is 9.75. The van der Waals surface area contributed by atoms with Gasteiger partial charge in [0.2, 0.25) is 0 Å². The van der Waals surface area contributed by atoms with Crippen LogP contribution in [-0.2, 0) is 9.84 Å². The number of para-hydroxylation sites is 1. The first-order valence-electron chi connectivity index (χ1n) is 9.56. The van der Waals surface area contributed by atoms with Crippen LogP contribution in [0.4, 0.5) is 5.82 Å². The molecule has 7 heteroatoms. The zero-order valence-electron chi connectivity index (χ0n) is 15.4. The summed E-state index contributed by atoms with van der Waals surface area (Å²) in [6.07, 6.45) is 6.47. The van der Waals surface area contributed by atoms with Gasteiger partial charge in [-0.2, -0.15) is 0 Å². The van der Waals surface area contributed by atoms with E-state index in [1.807, 2.05) is 24.3 Å². The molecule has 6 nitrogen and oxygen atoms in total. The third-order valence-electron chi connectivity index (χ3n) is 5.46. The standard InChI is InChI=1S/C20H25N3O3S/c1-27(25,26)15-6-4-5-14(11-15)21-19-12-17(20(24)22-13-9-10-13)16-7-2-3-8-18(16)23-19/h2-3,7-8,12-15H,4-6,9-11H2,1H3,(H,21,23)(H,22,24). The molecule has 2 unspecified atom stereocenters. The SMILES string of the molecule is CS(=O)(=O)C1CCCC(Nc2cc(C(=O)NC3CC3)c3ccccc3n2)C1. The van der Waals surface area contributed by atoms with E-state index in [2.05, 4.69) is 15.6 Å². The van der Waals surface area contributed by atoms with Crippen LogP contribution < -0.4 is 10.6 Å². The van der Waals surface area contributed by atoms with E-state index in [-0.39, 0.29) is 23.2 Å². The van der Waals surface area contributed by atoms with E-state index in [4.69, 9.17) is 0 Å². The fourth-order valence-corrected chi connectivity index (χ4v) is 4.98. The van der Waals surface area contributed by atoms with Crippen LogP contribution in [0.5, 0.6) is 0 Å². The minimum atomic E-state index is -3.04. The van der Waals surface area contributed by atoms with Crippen molar-refractivity contribution in [1.29, 1.82) is 0 Å². The number of aromatic nitrogens is 1. The van der Waals surface area contributed by atoms with Crippen LogP contribution in [0.3, 0.4) is 0 Å². The summed E-state index contributed by atoms with van der Waals surface area (Å²) in [4.78, 5) is 17.3. The molecule has 2 aromatic rings. The van der Waals surface area contributed by atoms with Crippen LogP contribution >= 0.6 is 0 Å². The second-order valence-corrected chi connectivity index (χ2v) is 10.1. The summed E-state index contributed by atoms with van der Waals surface area (Å²) in [5, 5.41) is 6.96. The molecule has 2 N–H and O–H groups in total. The summed E-state index contributed by atoms with van der Waals surface area (Å²) in [6.45, 7) is 0. The molecule has 2 fully saturated rings. The predicted octanol–water partition coefficient (Wildman–Crippen LogP) is 2.89. The molecule has 4 rings (SSSR count). The monoisotopic (exact) mass is 387 g/mol. The Hall–Kier alpha value is -2.15. The van der Waals surface area contributed by atoms with E-state index in [1.165, 1.54) is 6.26 Å². The maximum absolute atomic E-state index is 12.7. The number of hydrogen-bond acceptors (Lipinski definition) is 5. The number of rotatable bonds is 5. The largest absolute Gasteiger partial charge is 0.367 e. The summed E-state index contributed by atoms with van der Waals surface area (Å²) in [5.41, 5.74) is 1.38. The second-order valence-electron chi connectivity index (χ2n) is 7.78. The average Bonchev–Trinajstić information content (AvgIpc) is 3.44. The highest BCUT2D eigenvalue weighted by Gasteiger charge is 2.29. The van der Waals surface area contributed by atoms with Crippen molar-refractivity contribution in [1.82, 2.24) is 10.3 Å². The Labute approximate surface area is 159 Å². The van der Waals surface area contributed by atoms with Gasteiger partial charge in [-0.15, -0.1) is 0 Å². The molecule has 0 saturated heterocycles. The van der Waals surface area contributed by atoms with Gasteiger partial charge in [0.25, 0.3) is 5.91 Å². The number of amides is 1. The fraction of sp³-hybridized carbons (Fsp3) is 0.500. The number of pyridine rings is 1. The lowest BCUT2D eigenvalue weighted by Gasteiger charge is -2.29. The highest BCUT2D eigenvalue weighted by molar-refractivity contribution is 7.91. The van der Waals surface area contributed by atoms with Crippen molar-refractivity contribution in [2.75, 3.05) is 11.6 Å². The van der Waals surface area contributed by atoms with Gasteiger partial charge in [-0.25, -0.2) is 13.4 Å². The van der Waals surface area contributed by atoms with E-state index < -0.39 is 9.84 Å². The molecule has 0 bridgehead atoms. The van der Waals surface area contributed by atoms with Crippen LogP contribution in [0.15, 0.2) is 30.3 Å². The Bertz CT molecular complexity index is 970. The Morgan fingerprint density at radius 3 is 2.63 bits per heavy atom. The zero-order valence-corrected chi connectivity index (χ0v) is 16.3. The van der Waals surface area contributed by atoms with Gasteiger partial charge in [0, 0.05) is 23.7 Å². The Kier molecular flexibility index (Phi) is 4.80. The first-order valence-corrected chi connectivity index (χ1v) is 11.5. The second kappa shape index (κ2) is 7.11. The number of anilines is 1. The van der Waals surface area contributed by atoms with Gasteiger partial charge < -0.3 is 10.6 Å². The minimum Gasteiger partial charge on any atom is -0.367 e. The molecule has 144 valence electrons. The molecule has 1 aromatic carbocycles. The summed E-state index contributed by atoms with van der Waals surface area (Å²) >= 11 is 0. The number of carbonyl (C=O) groups excluding carboxylic acids is 1. The molecular formula is C20H25N3O3S. The molecule has 2 saturated carbocycles. The molecule has 2 aliphatic rings. The number of carbonyl (C=O) groups is 1. The number of fused-ring (bicyclic) bond motifs is 1. The van der Waals surface area contributed by atoms with E-state index in [9.17, 15) is 13.2 Å². The Morgan fingerprint density at radius 2 is 1.89 bits per heavy atom. The molecule has 1 amide bonds. The maximum atomic E-state index is 12.7. The summed E-state index contributed by atoms with van der Waals surface area (Å²) in [7, 11) is -3.04. The maximum Gasteiger partial charge on any atom is 0.252 e. The first-order chi connectivity index (χ1) is 12.9. The van der Waals surface area contributed by atoms with Crippen molar-refractivity contribution < 1.29 is 13.2 Å². The molecule has 0 aliphatic heterocycles. The highest BCUT2D eigenvalue weighted by Crippen LogP contribution is 2.28. The third kappa shape index (κ3) is 4.24. The molecule has 2 aliphatic carbocycles. The lowest BCUT2D eigenvalue weighted by molar-refractivity contribution is 0.0952. The molecule has 0 radical (unpaired) electrons. The van der Waals surface area contributed by atoms with Crippen LogP contribution in [-0.4, -0.2) is 42.9 Å². The van der Waals surface area contributed by atoms with Crippen LogP contribution in [0.25, 0.3) is 10.9 Å². The van der Waals surface area contributed by atoms with Crippen molar-refractivity contribution in [2.45, 2.75) is 55.9 Å². The van der Waals surface area contributed by atoms with E-state index in [0.29, 0.717) is 17.8 Å². The molecule has 1 heterocycles. The average molecular weight is 388 g/mol. The van der Waals surface area contributed by atoms with Gasteiger partial charge in [-0.1, -0.05) is 24.6 Å². The normalized spacial score (nSPS) is 23.1. The van der Waals surface area contributed by atoms with E-state index in [1.54, 1.807) is 6.07 Å². The number of nitrogens with zero attached hydrogens (tertiary/aromatic N) is 1. The van der Waals surface area contributed by atoms with Gasteiger partial charge >= 0.3 is 0 Å². The minimum absolute atomic E-state index is 0.0477. The highest BCUT2D eigenvalue weighted by atomic mass is 32.2. The van der Waals surface area contributed by atoms with Gasteiger partial charge in [-0.05, 0) is 44.2 Å². The van der Waals surface area contributed by atoms with Crippen molar-refractivity contribution in [3.05, 3.63) is 35.9 Å². The summed E-state index contributed by atoms with van der Waals surface area (Å²) in [5.74, 6) is 0.561. The first kappa shape index (κ1) is 18.2. The third-order valence-corrected chi connectivity index (χ3v) is 7.10. The molecular weight excluding hydrogens is 362 g/mol. The van der Waals surface area contributed by atoms with E-state index >= 15 is 0 Å². The lowest BCUT2D eigenvalue weighted by Crippen LogP contribution is -2.34. The predicted molar refractivity (Wildman–Crippen MR) is 107 cm³/mol. The Morgan fingerprint density at radius 1 is 1.11 bits per heavy atom. The lowest BCUT2D eigenvalue weighted by atomic mass is 9.95. The molecule has 2 atom stereocenters. The van der Waals surface area contributed by atoms with E-state index in [0.717, 1.165) is 43.0 Å². The van der Waals surface area contributed by atoms with Crippen molar-refractivity contribution in [2.24, 2.45) is 0 Å². The van der Waals surface area contributed by atoms with Crippen molar-refractivity contribution >= 4 is 32.5 Å². The Balaban J connectivity index is 1.60. The smallest absolute Gasteiger partial charge is 0.252 e. The van der Waals surface area contributed by atoms with Crippen molar-refractivity contribution in [3.63, 3.8) is 0 Å². The van der Waals surface area contributed by atoms with Gasteiger partial charge in [0.15, 0.2) is 0 Å². The number of benzene rings is 1. The quantitative estimate of drug-likeness (QED) is 0.824. The van der Waals surface area contributed by atoms with Gasteiger partial charge in [0.05, 0.1) is 16.3 Å². The molecule has 27 heavy (non-hydrogen) atoms. The van der Waals surface area contributed by atoms with Crippen molar-refractivity contribution in [3.8, 4) is 0 Å². The fourth-order valence-electron chi connectivity index (χ4n) is 3.80. The number of nitrogens with one attached hydrogen (secondary N) is 2. The molecule has 0 spiro atoms. The summed E-state index contributed by atoms with van der Waals surface area (Å²) < 4.78 is 23.8. The van der Waals surface area contributed by atoms with Crippen LogP contribution in [0.2, 0.25) is 0 Å². The van der Waals surface area contributed by atoms with Crippen LogP contribution in [0, 0.1) is 0 Å². The van der Waals surface area contributed by atoms with Gasteiger partial charge in [-0.3, -0.25) is 4.79 Å². The topological polar surface area (TPSA) is 88.2 Å². The molecule has 1 aromatic heterocycles. The zero-order chi connectivity index (χ0) is 19.0. The van der Waals surface area contributed by atoms with Crippen LogP contribution in [0.1, 0.15) is 48.9 Å².